The molecule has 0 aromatic carbocycles. The molecule has 0 bridgehead atoms. The largest absolute Gasteiger partial charge is 0.462 e. The highest BCUT2D eigenvalue weighted by Crippen LogP contribution is 1.98. The van der Waals surface area contributed by atoms with Crippen LogP contribution in [0, 0.1) is 0 Å². The fourth-order valence-electron chi connectivity index (χ4n) is 0.898. The lowest BCUT2D eigenvalue weighted by Gasteiger charge is -2.07. The van der Waals surface area contributed by atoms with Crippen LogP contribution in [0.2, 0.25) is 0 Å². The van der Waals surface area contributed by atoms with Crippen LogP contribution in [0.1, 0.15) is 13.8 Å². The second kappa shape index (κ2) is 8.14. The highest BCUT2D eigenvalue weighted by Gasteiger charge is 2.21. The molecule has 0 aliphatic carbocycles. The molecule has 0 radical (unpaired) electrons. The minimum atomic E-state index is -0.913. The monoisotopic (exact) mass is 244 g/mol. The van der Waals surface area contributed by atoms with Crippen molar-refractivity contribution in [2.75, 3.05) is 20.3 Å². The molecule has 2 N–H and O–H groups in total. The Bertz CT molecular complexity index is 325. The maximum Gasteiger partial charge on any atom is 0.414 e. The third-order valence-corrected chi connectivity index (χ3v) is 1.52. The molecule has 0 spiro atoms. The third-order valence-electron chi connectivity index (χ3n) is 1.52. The van der Waals surface area contributed by atoms with E-state index in [-0.39, 0.29) is 18.8 Å². The van der Waals surface area contributed by atoms with Gasteiger partial charge in [-0.2, -0.15) is 0 Å². The topological polar surface area (TPSA) is 93.7 Å². The number of carbonyl (C=O) groups is 3. The zero-order valence-electron chi connectivity index (χ0n) is 10.0. The van der Waals surface area contributed by atoms with Crippen molar-refractivity contribution in [2.45, 2.75) is 13.8 Å². The van der Waals surface area contributed by atoms with Gasteiger partial charge in [-0.05, 0) is 13.8 Å². The van der Waals surface area contributed by atoms with Crippen molar-refractivity contribution >= 4 is 18.0 Å². The molecule has 0 saturated heterocycles. The fourth-order valence-corrected chi connectivity index (χ4v) is 0.898. The maximum atomic E-state index is 11.5. The summed E-state index contributed by atoms with van der Waals surface area (Å²) >= 11 is 0. The minimum Gasteiger partial charge on any atom is -0.462 e. The summed E-state index contributed by atoms with van der Waals surface area (Å²) in [4.78, 5) is 33.9. The van der Waals surface area contributed by atoms with Crippen LogP contribution in [0.25, 0.3) is 0 Å². The van der Waals surface area contributed by atoms with Crippen LogP contribution in [0.15, 0.2) is 11.8 Å². The van der Waals surface area contributed by atoms with Crippen molar-refractivity contribution in [2.24, 2.45) is 0 Å². The van der Waals surface area contributed by atoms with Gasteiger partial charge in [0.1, 0.15) is 5.57 Å². The van der Waals surface area contributed by atoms with Crippen LogP contribution < -0.4 is 10.6 Å². The summed E-state index contributed by atoms with van der Waals surface area (Å²) in [5.41, 5.74) is -0.303. The predicted molar refractivity (Wildman–Crippen MR) is 58.9 cm³/mol. The number of rotatable bonds is 5. The molecule has 0 saturated carbocycles. The van der Waals surface area contributed by atoms with E-state index in [1.807, 2.05) is 5.32 Å². The molecule has 0 aromatic rings. The van der Waals surface area contributed by atoms with Crippen molar-refractivity contribution in [1.82, 2.24) is 10.6 Å². The third kappa shape index (κ3) is 5.55. The summed E-state index contributed by atoms with van der Waals surface area (Å²) in [6.07, 6.45) is 0.232. The van der Waals surface area contributed by atoms with Crippen molar-refractivity contribution in [3.8, 4) is 0 Å². The number of imide groups is 1. The van der Waals surface area contributed by atoms with Crippen LogP contribution in [-0.2, 0) is 19.1 Å². The highest BCUT2D eigenvalue weighted by molar-refractivity contribution is 6.19. The summed E-state index contributed by atoms with van der Waals surface area (Å²) in [7, 11) is 1.51. The van der Waals surface area contributed by atoms with Gasteiger partial charge in [-0.25, -0.2) is 9.59 Å². The quantitative estimate of drug-likeness (QED) is 0.304. The Labute approximate surface area is 99.1 Å². The summed E-state index contributed by atoms with van der Waals surface area (Å²) in [6.45, 7) is 3.47. The van der Waals surface area contributed by atoms with Gasteiger partial charge in [-0.1, -0.05) is 0 Å². The maximum absolute atomic E-state index is 11.5. The van der Waals surface area contributed by atoms with Crippen molar-refractivity contribution in [3.05, 3.63) is 11.8 Å². The molecule has 0 aliphatic heterocycles. The SMILES string of the molecule is CCOC(=O)NC(=O)/C(=C\NC)C(=O)OCC. The van der Waals surface area contributed by atoms with E-state index in [2.05, 4.69) is 14.8 Å². The number of hydrogen-bond donors (Lipinski definition) is 2. The molecule has 0 aromatic heterocycles. The summed E-state index contributed by atoms with van der Waals surface area (Å²) in [5, 5.41) is 4.41. The summed E-state index contributed by atoms with van der Waals surface area (Å²) in [6, 6.07) is 0. The van der Waals surface area contributed by atoms with E-state index >= 15 is 0 Å². The Morgan fingerprint density at radius 3 is 2.18 bits per heavy atom. The number of amides is 2. The molecule has 17 heavy (non-hydrogen) atoms. The van der Waals surface area contributed by atoms with E-state index in [0.29, 0.717) is 0 Å². The van der Waals surface area contributed by atoms with Crippen LogP contribution in [0.3, 0.4) is 0 Å². The first kappa shape index (κ1) is 14.9. The van der Waals surface area contributed by atoms with E-state index < -0.39 is 18.0 Å². The number of hydrogen-bond acceptors (Lipinski definition) is 6. The molecule has 0 aliphatic rings. The zero-order valence-corrected chi connectivity index (χ0v) is 10.0. The standard InChI is InChI=1S/C10H16N2O5/c1-4-16-9(14)7(6-11-3)8(13)12-10(15)17-5-2/h6,11H,4-5H2,1-3H3,(H,12,13,15)/b7-6+. The molecule has 2 amide bonds. The molecule has 96 valence electrons. The Balaban J connectivity index is 4.62. The summed E-state index contributed by atoms with van der Waals surface area (Å²) < 4.78 is 9.17. The second-order valence-corrected chi connectivity index (χ2v) is 2.74. The van der Waals surface area contributed by atoms with Gasteiger partial charge in [0, 0.05) is 13.2 Å². The van der Waals surface area contributed by atoms with Crippen LogP contribution >= 0.6 is 0 Å². The average molecular weight is 244 g/mol. The smallest absolute Gasteiger partial charge is 0.414 e. The van der Waals surface area contributed by atoms with Gasteiger partial charge in [-0.3, -0.25) is 10.1 Å². The zero-order chi connectivity index (χ0) is 13.3. The second-order valence-electron chi connectivity index (χ2n) is 2.74. The number of ether oxygens (including phenoxy) is 2. The van der Waals surface area contributed by atoms with Crippen molar-refractivity contribution < 1.29 is 23.9 Å². The first-order chi connectivity index (χ1) is 8.06. The highest BCUT2D eigenvalue weighted by atomic mass is 16.5. The lowest BCUT2D eigenvalue weighted by Crippen LogP contribution is -2.35. The molecule has 0 rings (SSSR count). The number of carbonyl (C=O) groups excluding carboxylic acids is 3. The van der Waals surface area contributed by atoms with Crippen LogP contribution in [0.5, 0.6) is 0 Å². The van der Waals surface area contributed by atoms with Crippen molar-refractivity contribution in [3.63, 3.8) is 0 Å². The van der Waals surface area contributed by atoms with Crippen molar-refractivity contribution in [1.29, 1.82) is 0 Å². The van der Waals surface area contributed by atoms with Gasteiger partial charge in [-0.15, -0.1) is 0 Å². The summed E-state index contributed by atoms with van der Waals surface area (Å²) in [5.74, 6) is -1.69. The lowest BCUT2D eigenvalue weighted by atomic mass is 10.2. The first-order valence-electron chi connectivity index (χ1n) is 5.09. The van der Waals surface area contributed by atoms with E-state index in [9.17, 15) is 14.4 Å². The van der Waals surface area contributed by atoms with Gasteiger partial charge in [0.2, 0.25) is 0 Å². The molecule has 0 atom stereocenters. The number of nitrogens with one attached hydrogen (secondary N) is 2. The Morgan fingerprint density at radius 2 is 1.71 bits per heavy atom. The molecule has 0 fully saturated rings. The minimum absolute atomic E-state index is 0.129. The number of esters is 1. The Hall–Kier alpha value is -2.05. The van der Waals surface area contributed by atoms with Gasteiger partial charge in [0.15, 0.2) is 0 Å². The van der Waals surface area contributed by atoms with Crippen LogP contribution in [-0.4, -0.2) is 38.2 Å². The first-order valence-corrected chi connectivity index (χ1v) is 5.09. The molecule has 7 heteroatoms. The molecular weight excluding hydrogens is 228 g/mol. The predicted octanol–water partition coefficient (Wildman–Crippen LogP) is -0.0745. The van der Waals surface area contributed by atoms with E-state index in [4.69, 9.17) is 0 Å². The van der Waals surface area contributed by atoms with E-state index in [0.717, 1.165) is 6.20 Å². The van der Waals surface area contributed by atoms with Gasteiger partial charge in [0.25, 0.3) is 5.91 Å². The molecular formula is C10H16N2O5. The Kier molecular flexibility index (Phi) is 7.16. The number of alkyl carbamates (subject to hydrolysis) is 1. The normalized spacial score (nSPS) is 10.4. The van der Waals surface area contributed by atoms with E-state index in [1.165, 1.54) is 7.05 Å². The van der Waals surface area contributed by atoms with E-state index in [1.54, 1.807) is 13.8 Å². The lowest BCUT2D eigenvalue weighted by molar-refractivity contribution is -0.140. The fraction of sp³-hybridized carbons (Fsp3) is 0.500. The van der Waals surface area contributed by atoms with Gasteiger partial charge < -0.3 is 14.8 Å². The average Bonchev–Trinajstić information content (AvgIpc) is 2.26. The Morgan fingerprint density at radius 1 is 1.12 bits per heavy atom. The molecule has 7 nitrogen and oxygen atoms in total. The molecule has 0 heterocycles. The molecule has 0 unspecified atom stereocenters. The van der Waals surface area contributed by atoms with Gasteiger partial charge in [0.05, 0.1) is 13.2 Å². The van der Waals surface area contributed by atoms with Crippen LogP contribution in [0.4, 0.5) is 4.79 Å². The van der Waals surface area contributed by atoms with Gasteiger partial charge >= 0.3 is 12.1 Å².